The summed E-state index contributed by atoms with van der Waals surface area (Å²) in [5, 5.41) is 27.3. The van der Waals surface area contributed by atoms with E-state index in [4.69, 9.17) is 11.6 Å². The molecular formula is C11H17ClN4O2. The quantitative estimate of drug-likeness (QED) is 0.804. The molecule has 0 aliphatic carbocycles. The number of nitrogens with zero attached hydrogens (tertiary/aromatic N) is 4. The van der Waals surface area contributed by atoms with Crippen LogP contribution in [0, 0.1) is 0 Å². The summed E-state index contributed by atoms with van der Waals surface area (Å²) in [7, 11) is 0. The number of rotatable bonds is 3. The molecule has 1 aromatic rings. The number of aromatic nitrogens is 2. The summed E-state index contributed by atoms with van der Waals surface area (Å²) in [6.07, 6.45) is -1.55. The summed E-state index contributed by atoms with van der Waals surface area (Å²) in [6.45, 7) is 4.41. The van der Waals surface area contributed by atoms with Crippen LogP contribution in [0.4, 0.5) is 5.82 Å². The number of halogens is 1. The predicted octanol–water partition coefficient (Wildman–Crippen LogP) is -0.0488. The molecule has 0 bridgehead atoms. The van der Waals surface area contributed by atoms with Crippen molar-refractivity contribution in [1.29, 1.82) is 0 Å². The van der Waals surface area contributed by atoms with Gasteiger partial charge in [-0.2, -0.15) is 0 Å². The van der Waals surface area contributed by atoms with E-state index in [0.717, 1.165) is 18.9 Å². The van der Waals surface area contributed by atoms with Crippen molar-refractivity contribution in [2.45, 2.75) is 19.3 Å². The van der Waals surface area contributed by atoms with Crippen molar-refractivity contribution in [2.75, 3.05) is 31.1 Å². The number of piperazine rings is 1. The summed E-state index contributed by atoms with van der Waals surface area (Å²) < 4.78 is 0. The number of hydrogen-bond acceptors (Lipinski definition) is 6. The van der Waals surface area contributed by atoms with Crippen molar-refractivity contribution in [3.8, 4) is 0 Å². The number of aliphatic hydroxyl groups excluding tert-OH is 2. The van der Waals surface area contributed by atoms with Gasteiger partial charge in [-0.1, -0.05) is 11.6 Å². The van der Waals surface area contributed by atoms with E-state index in [-0.39, 0.29) is 0 Å². The van der Waals surface area contributed by atoms with Gasteiger partial charge in [-0.25, -0.2) is 0 Å². The Balaban J connectivity index is 1.92. The molecule has 0 radical (unpaired) electrons. The Labute approximate surface area is 111 Å². The molecule has 2 unspecified atom stereocenters. The molecule has 7 heteroatoms. The highest BCUT2D eigenvalue weighted by Crippen LogP contribution is 2.15. The molecule has 0 saturated carbocycles. The van der Waals surface area contributed by atoms with E-state index in [1.165, 1.54) is 0 Å². The Morgan fingerprint density at radius 1 is 1.17 bits per heavy atom. The summed E-state index contributed by atoms with van der Waals surface area (Å²) >= 11 is 5.69. The fraction of sp³-hybridized carbons (Fsp3) is 0.636. The van der Waals surface area contributed by atoms with Gasteiger partial charge in [0.05, 0.1) is 6.10 Å². The third-order valence-electron chi connectivity index (χ3n) is 3.06. The van der Waals surface area contributed by atoms with Crippen LogP contribution in [0.2, 0.25) is 5.15 Å². The molecule has 0 aromatic carbocycles. The van der Waals surface area contributed by atoms with Crippen molar-refractivity contribution >= 4 is 17.4 Å². The van der Waals surface area contributed by atoms with Crippen molar-refractivity contribution in [3.05, 3.63) is 17.3 Å². The van der Waals surface area contributed by atoms with Crippen LogP contribution in [0.3, 0.4) is 0 Å². The van der Waals surface area contributed by atoms with Gasteiger partial charge in [-0.05, 0) is 19.1 Å². The van der Waals surface area contributed by atoms with Crippen molar-refractivity contribution in [2.24, 2.45) is 0 Å². The normalized spacial score (nSPS) is 20.8. The Morgan fingerprint density at radius 2 is 1.83 bits per heavy atom. The van der Waals surface area contributed by atoms with Gasteiger partial charge in [-0.3, -0.25) is 4.90 Å². The van der Waals surface area contributed by atoms with E-state index in [1.54, 1.807) is 13.0 Å². The first-order valence-electron chi connectivity index (χ1n) is 5.92. The van der Waals surface area contributed by atoms with E-state index >= 15 is 0 Å². The first-order valence-corrected chi connectivity index (χ1v) is 6.30. The third kappa shape index (κ3) is 3.08. The van der Waals surface area contributed by atoms with Crippen LogP contribution in [0.5, 0.6) is 0 Å². The fourth-order valence-corrected chi connectivity index (χ4v) is 2.10. The van der Waals surface area contributed by atoms with Crippen LogP contribution in [-0.2, 0) is 0 Å². The standard InChI is InChI=1S/C11H17ClN4O2/c1-8(17)11(18)16-6-4-15(5-7-16)10-3-2-9(12)13-14-10/h2-3,8,11,17-18H,4-7H2,1H3. The lowest BCUT2D eigenvalue weighted by Crippen LogP contribution is -2.53. The molecular weight excluding hydrogens is 256 g/mol. The van der Waals surface area contributed by atoms with Crippen LogP contribution in [0.15, 0.2) is 12.1 Å². The van der Waals surface area contributed by atoms with Gasteiger partial charge >= 0.3 is 0 Å². The smallest absolute Gasteiger partial charge is 0.151 e. The van der Waals surface area contributed by atoms with Gasteiger partial charge in [-0.15, -0.1) is 10.2 Å². The topological polar surface area (TPSA) is 72.7 Å². The van der Waals surface area contributed by atoms with Gasteiger partial charge in [0.1, 0.15) is 6.23 Å². The van der Waals surface area contributed by atoms with E-state index in [1.807, 2.05) is 11.0 Å². The van der Waals surface area contributed by atoms with Gasteiger partial charge in [0.15, 0.2) is 11.0 Å². The Kier molecular flexibility index (Phi) is 4.34. The largest absolute Gasteiger partial charge is 0.389 e. The number of anilines is 1. The zero-order valence-electron chi connectivity index (χ0n) is 10.2. The highest BCUT2D eigenvalue weighted by Gasteiger charge is 2.25. The molecule has 1 aliphatic rings. The molecule has 1 fully saturated rings. The molecule has 1 aromatic heterocycles. The molecule has 18 heavy (non-hydrogen) atoms. The molecule has 2 rings (SSSR count). The second-order valence-corrected chi connectivity index (χ2v) is 4.78. The summed E-state index contributed by atoms with van der Waals surface area (Å²) in [5.74, 6) is 0.783. The second kappa shape index (κ2) is 5.79. The van der Waals surface area contributed by atoms with Crippen LogP contribution in [0.1, 0.15) is 6.92 Å². The fourth-order valence-electron chi connectivity index (χ4n) is 2.00. The molecule has 0 amide bonds. The van der Waals surface area contributed by atoms with E-state index in [9.17, 15) is 10.2 Å². The van der Waals surface area contributed by atoms with E-state index < -0.39 is 12.3 Å². The minimum atomic E-state index is -0.802. The van der Waals surface area contributed by atoms with Crippen molar-refractivity contribution in [3.63, 3.8) is 0 Å². The molecule has 0 spiro atoms. The molecule has 1 aliphatic heterocycles. The summed E-state index contributed by atoms with van der Waals surface area (Å²) in [4.78, 5) is 3.93. The highest BCUT2D eigenvalue weighted by atomic mass is 35.5. The SMILES string of the molecule is CC(O)C(O)N1CCN(c2ccc(Cl)nn2)CC1. The Morgan fingerprint density at radius 3 is 2.33 bits per heavy atom. The van der Waals surface area contributed by atoms with Gasteiger partial charge in [0.25, 0.3) is 0 Å². The lowest BCUT2D eigenvalue weighted by atomic mass is 10.2. The number of hydrogen-bond donors (Lipinski definition) is 2. The maximum atomic E-state index is 9.76. The average molecular weight is 273 g/mol. The Bertz CT molecular complexity index is 379. The molecule has 2 N–H and O–H groups in total. The predicted molar refractivity (Wildman–Crippen MR) is 68.5 cm³/mol. The lowest BCUT2D eigenvalue weighted by molar-refractivity contribution is -0.0773. The van der Waals surface area contributed by atoms with Gasteiger partial charge in [0, 0.05) is 26.2 Å². The van der Waals surface area contributed by atoms with E-state index in [2.05, 4.69) is 15.1 Å². The van der Waals surface area contributed by atoms with Crippen molar-refractivity contribution in [1.82, 2.24) is 15.1 Å². The zero-order valence-corrected chi connectivity index (χ0v) is 11.0. The van der Waals surface area contributed by atoms with Crippen LogP contribution in [0.25, 0.3) is 0 Å². The summed E-state index contributed by atoms with van der Waals surface area (Å²) in [5.41, 5.74) is 0. The number of aliphatic hydroxyl groups is 2. The first kappa shape index (κ1) is 13.5. The summed E-state index contributed by atoms with van der Waals surface area (Å²) in [6, 6.07) is 3.54. The van der Waals surface area contributed by atoms with Crippen molar-refractivity contribution < 1.29 is 10.2 Å². The van der Waals surface area contributed by atoms with Crippen LogP contribution >= 0.6 is 11.6 Å². The maximum absolute atomic E-state index is 9.76. The second-order valence-electron chi connectivity index (χ2n) is 4.39. The monoisotopic (exact) mass is 272 g/mol. The highest BCUT2D eigenvalue weighted by molar-refractivity contribution is 6.29. The molecule has 2 heterocycles. The molecule has 2 atom stereocenters. The van der Waals surface area contributed by atoms with Crippen LogP contribution in [-0.4, -0.2) is 63.8 Å². The molecule has 1 saturated heterocycles. The van der Waals surface area contributed by atoms with E-state index in [0.29, 0.717) is 18.2 Å². The van der Waals surface area contributed by atoms with Gasteiger partial charge < -0.3 is 15.1 Å². The van der Waals surface area contributed by atoms with Crippen LogP contribution < -0.4 is 4.90 Å². The third-order valence-corrected chi connectivity index (χ3v) is 3.26. The lowest BCUT2D eigenvalue weighted by Gasteiger charge is -2.38. The maximum Gasteiger partial charge on any atom is 0.151 e. The molecule has 100 valence electrons. The average Bonchev–Trinajstić information content (AvgIpc) is 2.39. The molecule has 6 nitrogen and oxygen atoms in total. The minimum absolute atomic E-state index is 0.377. The zero-order chi connectivity index (χ0) is 13.1. The minimum Gasteiger partial charge on any atom is -0.389 e. The van der Waals surface area contributed by atoms with Gasteiger partial charge in [0.2, 0.25) is 0 Å². The first-order chi connectivity index (χ1) is 8.58. The Hall–Kier alpha value is -0.950.